The average Bonchev–Trinajstić information content (AvgIpc) is 2.80. The third kappa shape index (κ3) is 4.59. The molecule has 1 saturated heterocycles. The van der Waals surface area contributed by atoms with Gasteiger partial charge in [-0.2, -0.15) is 0 Å². The quantitative estimate of drug-likeness (QED) is 0.641. The van der Waals surface area contributed by atoms with Crippen LogP contribution in [0.5, 0.6) is 0 Å². The fourth-order valence-electron chi connectivity index (χ4n) is 4.09. The van der Waals surface area contributed by atoms with E-state index in [9.17, 15) is 14.0 Å². The van der Waals surface area contributed by atoms with Gasteiger partial charge in [0.15, 0.2) is 0 Å². The molecule has 2 aromatic carbocycles. The maximum atomic E-state index is 13.2. The molecule has 8 heteroatoms. The van der Waals surface area contributed by atoms with E-state index in [-0.39, 0.29) is 30.1 Å². The molecule has 0 radical (unpaired) electrons. The van der Waals surface area contributed by atoms with E-state index in [2.05, 4.69) is 9.97 Å². The molecule has 1 aliphatic rings. The number of likely N-dealkylation sites (tertiary alicyclic amines) is 1. The third-order valence-corrected chi connectivity index (χ3v) is 5.72. The van der Waals surface area contributed by atoms with Crippen molar-refractivity contribution in [2.45, 2.75) is 31.7 Å². The van der Waals surface area contributed by atoms with Gasteiger partial charge in [0.05, 0.1) is 18.2 Å². The Morgan fingerprint density at radius 3 is 2.47 bits per heavy atom. The number of primary amides is 1. The second-order valence-electron chi connectivity index (χ2n) is 7.87. The molecule has 4 N–H and O–H groups in total. The number of nitrogens with two attached hydrogens (primary N) is 2. The van der Waals surface area contributed by atoms with Crippen LogP contribution in [0.4, 0.5) is 10.3 Å². The third-order valence-electron chi connectivity index (χ3n) is 5.72. The molecule has 32 heavy (non-hydrogen) atoms. The van der Waals surface area contributed by atoms with Crippen molar-refractivity contribution in [1.82, 2.24) is 14.9 Å². The lowest BCUT2D eigenvalue weighted by Crippen LogP contribution is -2.40. The molecule has 2 amide bonds. The summed E-state index contributed by atoms with van der Waals surface area (Å²) in [7, 11) is 0. The first-order chi connectivity index (χ1) is 15.4. The van der Waals surface area contributed by atoms with Gasteiger partial charge in [0.25, 0.3) is 0 Å². The Morgan fingerprint density at radius 2 is 1.78 bits per heavy atom. The van der Waals surface area contributed by atoms with Crippen LogP contribution in [0.3, 0.4) is 0 Å². The summed E-state index contributed by atoms with van der Waals surface area (Å²) in [5.74, 6) is -0.752. The summed E-state index contributed by atoms with van der Waals surface area (Å²) in [5.41, 5.74) is 14.7. The van der Waals surface area contributed by atoms with Crippen LogP contribution in [0.15, 0.2) is 54.7 Å². The van der Waals surface area contributed by atoms with Crippen molar-refractivity contribution >= 4 is 17.8 Å². The van der Waals surface area contributed by atoms with Gasteiger partial charge in [-0.3, -0.25) is 9.59 Å². The molecule has 2 heterocycles. The molecule has 164 valence electrons. The zero-order chi connectivity index (χ0) is 22.7. The Morgan fingerprint density at radius 1 is 1.06 bits per heavy atom. The van der Waals surface area contributed by atoms with Gasteiger partial charge in [-0.1, -0.05) is 24.3 Å². The molecular weight excluding hydrogens is 409 g/mol. The Labute approximate surface area is 185 Å². The number of nitrogen functional groups attached to an aromatic ring is 1. The summed E-state index contributed by atoms with van der Waals surface area (Å²) in [6, 6.07) is 12.6. The van der Waals surface area contributed by atoms with Crippen molar-refractivity contribution in [3.8, 4) is 11.1 Å². The number of anilines is 1. The fraction of sp³-hybridized carbons (Fsp3) is 0.250. The summed E-state index contributed by atoms with van der Waals surface area (Å²) in [6.07, 6.45) is 4.43. The maximum Gasteiger partial charge on any atom is 0.248 e. The van der Waals surface area contributed by atoms with Gasteiger partial charge in [-0.05, 0) is 54.7 Å². The average molecular weight is 433 g/mol. The number of carbonyl (C=O) groups excluding carboxylic acids is 2. The number of nitrogens with zero attached hydrogens (tertiary/aromatic N) is 3. The molecule has 1 aromatic heterocycles. The second kappa shape index (κ2) is 9.13. The van der Waals surface area contributed by atoms with Crippen LogP contribution in [-0.2, 0) is 11.2 Å². The number of aromatic nitrogens is 2. The molecule has 4 rings (SSSR count). The first-order valence-corrected chi connectivity index (χ1v) is 10.5. The van der Waals surface area contributed by atoms with E-state index >= 15 is 0 Å². The summed E-state index contributed by atoms with van der Waals surface area (Å²) >= 11 is 0. The molecule has 1 fully saturated rings. The van der Waals surface area contributed by atoms with Crippen LogP contribution in [-0.4, -0.2) is 33.2 Å². The van der Waals surface area contributed by atoms with Crippen LogP contribution in [0, 0.1) is 5.82 Å². The van der Waals surface area contributed by atoms with Crippen LogP contribution in [0.25, 0.3) is 11.1 Å². The Hall–Kier alpha value is -3.81. The molecule has 0 saturated carbocycles. The number of halogens is 1. The highest BCUT2D eigenvalue weighted by Gasteiger charge is 2.31. The fourth-order valence-corrected chi connectivity index (χ4v) is 4.09. The first kappa shape index (κ1) is 21.4. The van der Waals surface area contributed by atoms with Crippen LogP contribution in [0.2, 0.25) is 0 Å². The predicted octanol–water partition coefficient (Wildman–Crippen LogP) is 3.26. The van der Waals surface area contributed by atoms with Gasteiger partial charge in [0, 0.05) is 23.9 Å². The van der Waals surface area contributed by atoms with Crippen molar-refractivity contribution in [2.75, 3.05) is 12.3 Å². The topological polar surface area (TPSA) is 115 Å². The predicted molar refractivity (Wildman–Crippen MR) is 119 cm³/mol. The Bertz CT molecular complexity index is 1130. The summed E-state index contributed by atoms with van der Waals surface area (Å²) in [4.78, 5) is 35.1. The van der Waals surface area contributed by atoms with Crippen molar-refractivity contribution in [3.05, 3.63) is 77.4 Å². The van der Waals surface area contributed by atoms with Gasteiger partial charge in [-0.15, -0.1) is 0 Å². The van der Waals surface area contributed by atoms with Gasteiger partial charge in [0.2, 0.25) is 17.8 Å². The van der Waals surface area contributed by atoms with E-state index in [1.807, 2.05) is 4.90 Å². The lowest BCUT2D eigenvalue weighted by atomic mass is 9.93. The Kier molecular flexibility index (Phi) is 6.11. The van der Waals surface area contributed by atoms with Crippen molar-refractivity contribution in [1.29, 1.82) is 0 Å². The SMILES string of the molecule is NC(=O)c1ccc(-c2cnc(N)nc2[C@@H]2CCCCN2C(=O)Cc2ccc(F)cc2)cc1. The highest BCUT2D eigenvalue weighted by Crippen LogP contribution is 2.36. The molecule has 0 unspecified atom stereocenters. The normalized spacial score (nSPS) is 16.0. The molecule has 1 atom stereocenters. The van der Waals surface area contributed by atoms with Gasteiger partial charge in [0.1, 0.15) is 5.82 Å². The lowest BCUT2D eigenvalue weighted by Gasteiger charge is -2.36. The van der Waals surface area contributed by atoms with Crippen molar-refractivity contribution < 1.29 is 14.0 Å². The van der Waals surface area contributed by atoms with E-state index in [0.29, 0.717) is 17.8 Å². The minimum Gasteiger partial charge on any atom is -0.368 e. The highest BCUT2D eigenvalue weighted by molar-refractivity contribution is 5.93. The minimum absolute atomic E-state index is 0.0477. The summed E-state index contributed by atoms with van der Waals surface area (Å²) in [5, 5.41) is 0. The van der Waals surface area contributed by atoms with E-state index in [1.54, 1.807) is 42.6 Å². The van der Waals surface area contributed by atoms with Gasteiger partial charge < -0.3 is 16.4 Å². The van der Waals surface area contributed by atoms with Gasteiger partial charge in [-0.25, -0.2) is 14.4 Å². The monoisotopic (exact) mass is 433 g/mol. The molecule has 1 aliphatic heterocycles. The molecule has 3 aromatic rings. The first-order valence-electron chi connectivity index (χ1n) is 10.5. The van der Waals surface area contributed by atoms with E-state index < -0.39 is 5.91 Å². The maximum absolute atomic E-state index is 13.2. The number of carbonyl (C=O) groups is 2. The van der Waals surface area contributed by atoms with Gasteiger partial charge >= 0.3 is 0 Å². The minimum atomic E-state index is -0.504. The standard InChI is InChI=1S/C24H24FN5O2/c25-18-10-4-15(5-11-18)13-21(31)30-12-2-1-3-20(30)22-19(14-28-24(27)29-22)16-6-8-17(9-7-16)23(26)32/h4-11,14,20H,1-3,12-13H2,(H2,26,32)(H2,27,28,29)/t20-/m0/s1. The van der Waals surface area contributed by atoms with Crippen molar-refractivity contribution in [2.24, 2.45) is 5.73 Å². The zero-order valence-electron chi connectivity index (χ0n) is 17.5. The highest BCUT2D eigenvalue weighted by atomic mass is 19.1. The molecule has 0 spiro atoms. The number of rotatable bonds is 5. The van der Waals surface area contributed by atoms with E-state index in [0.717, 1.165) is 36.0 Å². The van der Waals surface area contributed by atoms with E-state index in [1.165, 1.54) is 12.1 Å². The molecule has 0 aliphatic carbocycles. The smallest absolute Gasteiger partial charge is 0.248 e. The van der Waals surface area contributed by atoms with Crippen molar-refractivity contribution in [3.63, 3.8) is 0 Å². The lowest BCUT2D eigenvalue weighted by molar-refractivity contribution is -0.134. The largest absolute Gasteiger partial charge is 0.368 e. The molecule has 0 bridgehead atoms. The summed E-state index contributed by atoms with van der Waals surface area (Å²) < 4.78 is 13.2. The number of hydrogen-bond acceptors (Lipinski definition) is 5. The number of hydrogen-bond donors (Lipinski definition) is 2. The molecule has 7 nitrogen and oxygen atoms in total. The zero-order valence-corrected chi connectivity index (χ0v) is 17.5. The number of piperidine rings is 1. The van der Waals surface area contributed by atoms with Crippen LogP contribution in [0.1, 0.15) is 46.9 Å². The van der Waals surface area contributed by atoms with Crippen LogP contribution < -0.4 is 11.5 Å². The second-order valence-corrected chi connectivity index (χ2v) is 7.87. The Balaban J connectivity index is 1.67. The number of amides is 2. The molecular formula is C24H24FN5O2. The number of benzene rings is 2. The summed E-state index contributed by atoms with van der Waals surface area (Å²) in [6.45, 7) is 0.606. The van der Waals surface area contributed by atoms with E-state index in [4.69, 9.17) is 11.5 Å². The van der Waals surface area contributed by atoms with Crippen LogP contribution >= 0.6 is 0 Å².